The zero-order valence-electron chi connectivity index (χ0n) is 9.34. The van der Waals surface area contributed by atoms with E-state index in [2.05, 4.69) is 0 Å². The van der Waals surface area contributed by atoms with Crippen LogP contribution in [0.25, 0.3) is 0 Å². The van der Waals surface area contributed by atoms with Crippen molar-refractivity contribution in [3.8, 4) is 0 Å². The molecule has 88 valence electrons. The third-order valence-electron chi connectivity index (χ3n) is 2.76. The van der Waals surface area contributed by atoms with E-state index >= 15 is 0 Å². The molecule has 2 atom stereocenters. The Morgan fingerprint density at radius 1 is 1.38 bits per heavy atom. The third kappa shape index (κ3) is 2.97. The maximum Gasteiger partial charge on any atom is 0.179 e. The number of Topliss-reactive ketones (excluding diaryl/α,β-unsaturated/α-hetero) is 1. The average molecular weight is 260 g/mol. The fraction of sp³-hybridized carbons (Fsp3) is 0.417. The number of hydrogen-bond acceptors (Lipinski definition) is 2. The molecular weight excluding hydrogens is 245 g/mol. The van der Waals surface area contributed by atoms with Gasteiger partial charge in [0.05, 0.1) is 16.1 Å². The number of carbonyl (C=O) groups excluding carboxylic acids is 1. The van der Waals surface area contributed by atoms with Crippen LogP contribution in [0.15, 0.2) is 18.2 Å². The number of hydrogen-bond donors (Lipinski definition) is 1. The lowest BCUT2D eigenvalue weighted by Crippen LogP contribution is -2.36. The van der Waals surface area contributed by atoms with Gasteiger partial charge in [0, 0.05) is 5.56 Å². The van der Waals surface area contributed by atoms with Gasteiger partial charge in [-0.15, -0.1) is 0 Å². The maximum atomic E-state index is 12.0. The molecule has 0 radical (unpaired) electrons. The molecule has 2 unspecified atom stereocenters. The van der Waals surface area contributed by atoms with Crippen LogP contribution in [0.4, 0.5) is 0 Å². The van der Waals surface area contributed by atoms with Gasteiger partial charge in [-0.3, -0.25) is 4.79 Å². The van der Waals surface area contributed by atoms with Crippen molar-refractivity contribution < 1.29 is 4.79 Å². The average Bonchev–Trinajstić information content (AvgIpc) is 2.29. The molecule has 0 saturated heterocycles. The summed E-state index contributed by atoms with van der Waals surface area (Å²) in [5.74, 6) is 0.0647. The normalized spacial score (nSPS) is 14.6. The monoisotopic (exact) mass is 259 g/mol. The van der Waals surface area contributed by atoms with Crippen LogP contribution >= 0.6 is 23.2 Å². The molecule has 0 aromatic heterocycles. The fourth-order valence-corrected chi connectivity index (χ4v) is 1.65. The minimum atomic E-state index is -0.484. The first-order valence-electron chi connectivity index (χ1n) is 5.22. The molecule has 0 aliphatic carbocycles. The first kappa shape index (κ1) is 13.5. The second kappa shape index (κ2) is 5.67. The predicted molar refractivity (Wildman–Crippen MR) is 68.2 cm³/mol. The van der Waals surface area contributed by atoms with Crippen molar-refractivity contribution >= 4 is 29.0 Å². The summed E-state index contributed by atoms with van der Waals surface area (Å²) in [6, 6.07) is 4.34. The second-order valence-electron chi connectivity index (χ2n) is 3.90. The second-order valence-corrected chi connectivity index (χ2v) is 4.72. The summed E-state index contributed by atoms with van der Waals surface area (Å²) >= 11 is 11.6. The predicted octanol–water partition coefficient (Wildman–Crippen LogP) is 3.55. The standard InChI is InChI=1S/C12H15Cl2NO/c1-3-7(2)11(15)12(16)8-4-5-9(13)10(14)6-8/h4-7,11H,3,15H2,1-2H3. The first-order chi connectivity index (χ1) is 7.47. The summed E-state index contributed by atoms with van der Waals surface area (Å²) in [4.78, 5) is 12.0. The fourth-order valence-electron chi connectivity index (χ4n) is 1.35. The Balaban J connectivity index is 2.92. The zero-order chi connectivity index (χ0) is 12.3. The van der Waals surface area contributed by atoms with E-state index in [9.17, 15) is 4.79 Å². The molecule has 0 bridgehead atoms. The summed E-state index contributed by atoms with van der Waals surface area (Å²) in [6.45, 7) is 3.97. The van der Waals surface area contributed by atoms with E-state index in [1.54, 1.807) is 18.2 Å². The molecule has 0 aliphatic rings. The van der Waals surface area contributed by atoms with E-state index in [1.807, 2.05) is 13.8 Å². The van der Waals surface area contributed by atoms with E-state index in [4.69, 9.17) is 28.9 Å². The molecule has 0 saturated carbocycles. The van der Waals surface area contributed by atoms with Crippen molar-refractivity contribution in [1.82, 2.24) is 0 Å². The number of ketones is 1. The van der Waals surface area contributed by atoms with Gasteiger partial charge in [0.15, 0.2) is 5.78 Å². The Morgan fingerprint density at radius 2 is 2.00 bits per heavy atom. The SMILES string of the molecule is CCC(C)C(N)C(=O)c1ccc(Cl)c(Cl)c1. The van der Waals surface area contributed by atoms with Crippen LogP contribution in [-0.4, -0.2) is 11.8 Å². The number of nitrogens with two attached hydrogens (primary N) is 1. The molecule has 0 aliphatic heterocycles. The van der Waals surface area contributed by atoms with Gasteiger partial charge < -0.3 is 5.73 Å². The molecule has 1 aromatic rings. The lowest BCUT2D eigenvalue weighted by atomic mass is 9.93. The minimum absolute atomic E-state index is 0.0899. The van der Waals surface area contributed by atoms with Crippen LogP contribution in [0, 0.1) is 5.92 Å². The van der Waals surface area contributed by atoms with E-state index in [0.29, 0.717) is 15.6 Å². The van der Waals surface area contributed by atoms with Crippen LogP contribution in [0.3, 0.4) is 0 Å². The van der Waals surface area contributed by atoms with Crippen molar-refractivity contribution in [3.05, 3.63) is 33.8 Å². The Labute approximate surface area is 106 Å². The molecule has 16 heavy (non-hydrogen) atoms. The number of benzene rings is 1. The molecule has 2 N–H and O–H groups in total. The number of carbonyl (C=O) groups is 1. The van der Waals surface area contributed by atoms with Crippen molar-refractivity contribution in [2.75, 3.05) is 0 Å². The Morgan fingerprint density at radius 3 is 2.50 bits per heavy atom. The van der Waals surface area contributed by atoms with E-state index in [-0.39, 0.29) is 11.7 Å². The van der Waals surface area contributed by atoms with E-state index < -0.39 is 6.04 Å². The van der Waals surface area contributed by atoms with Crippen molar-refractivity contribution in [1.29, 1.82) is 0 Å². The summed E-state index contributed by atoms with van der Waals surface area (Å²) in [5.41, 5.74) is 6.38. The number of rotatable bonds is 4. The topological polar surface area (TPSA) is 43.1 Å². The van der Waals surface area contributed by atoms with Crippen LogP contribution < -0.4 is 5.73 Å². The highest BCUT2D eigenvalue weighted by Gasteiger charge is 2.21. The largest absolute Gasteiger partial charge is 0.321 e. The van der Waals surface area contributed by atoms with Crippen LogP contribution in [0.1, 0.15) is 30.6 Å². The van der Waals surface area contributed by atoms with Crippen molar-refractivity contribution in [3.63, 3.8) is 0 Å². The highest BCUT2D eigenvalue weighted by atomic mass is 35.5. The highest BCUT2D eigenvalue weighted by molar-refractivity contribution is 6.42. The lowest BCUT2D eigenvalue weighted by Gasteiger charge is -2.17. The van der Waals surface area contributed by atoms with Gasteiger partial charge in [-0.05, 0) is 24.1 Å². The van der Waals surface area contributed by atoms with Gasteiger partial charge in [0.2, 0.25) is 0 Å². The molecule has 0 amide bonds. The zero-order valence-corrected chi connectivity index (χ0v) is 10.8. The lowest BCUT2D eigenvalue weighted by molar-refractivity contribution is 0.0935. The van der Waals surface area contributed by atoms with Crippen molar-refractivity contribution in [2.24, 2.45) is 11.7 Å². The quantitative estimate of drug-likeness (QED) is 0.841. The van der Waals surface area contributed by atoms with Gasteiger partial charge in [-0.1, -0.05) is 43.5 Å². The molecular formula is C12H15Cl2NO. The molecule has 4 heteroatoms. The molecule has 0 heterocycles. The Hall–Kier alpha value is -0.570. The smallest absolute Gasteiger partial charge is 0.179 e. The van der Waals surface area contributed by atoms with Crippen LogP contribution in [0.5, 0.6) is 0 Å². The van der Waals surface area contributed by atoms with Gasteiger partial charge >= 0.3 is 0 Å². The molecule has 2 nitrogen and oxygen atoms in total. The highest BCUT2D eigenvalue weighted by Crippen LogP contribution is 2.23. The summed E-state index contributed by atoms with van der Waals surface area (Å²) < 4.78 is 0. The molecule has 1 aromatic carbocycles. The van der Waals surface area contributed by atoms with Crippen molar-refractivity contribution in [2.45, 2.75) is 26.3 Å². The third-order valence-corrected chi connectivity index (χ3v) is 3.50. The summed E-state index contributed by atoms with van der Waals surface area (Å²) in [6.07, 6.45) is 0.869. The van der Waals surface area contributed by atoms with Crippen LogP contribution in [-0.2, 0) is 0 Å². The van der Waals surface area contributed by atoms with Gasteiger partial charge in [-0.2, -0.15) is 0 Å². The van der Waals surface area contributed by atoms with Gasteiger partial charge in [0.25, 0.3) is 0 Å². The molecule has 0 spiro atoms. The number of halogens is 2. The molecule has 0 fully saturated rings. The molecule has 1 rings (SSSR count). The van der Waals surface area contributed by atoms with Crippen LogP contribution in [0.2, 0.25) is 10.0 Å². The Kier molecular flexibility index (Phi) is 4.78. The Bertz CT molecular complexity index is 393. The van der Waals surface area contributed by atoms with Gasteiger partial charge in [-0.25, -0.2) is 0 Å². The summed E-state index contributed by atoms with van der Waals surface area (Å²) in [5, 5.41) is 0.819. The van der Waals surface area contributed by atoms with Gasteiger partial charge in [0.1, 0.15) is 0 Å². The van der Waals surface area contributed by atoms with E-state index in [1.165, 1.54) is 0 Å². The maximum absolute atomic E-state index is 12.0. The summed E-state index contributed by atoms with van der Waals surface area (Å²) in [7, 11) is 0. The first-order valence-corrected chi connectivity index (χ1v) is 5.97. The minimum Gasteiger partial charge on any atom is -0.321 e. The van der Waals surface area contributed by atoms with E-state index in [0.717, 1.165) is 6.42 Å².